The van der Waals surface area contributed by atoms with Crippen molar-refractivity contribution in [1.29, 1.82) is 0 Å². The summed E-state index contributed by atoms with van der Waals surface area (Å²) in [6.07, 6.45) is 3.88. The molecule has 0 unspecified atom stereocenters. The molecular formula is C19H20N2O4. The molecule has 0 saturated carbocycles. The number of carbonyl (C=O) groups excluding carboxylic acids is 2. The standard InChI is InChI=1S/C19H20N2O4/c1-2-10-21-18(23)9-8-16(20-21)19(24)25-12-17(22)15-7-6-13-4-3-5-14(13)11-15/h6-9,11H,2-5,10,12H2,1H3. The average Bonchev–Trinajstić information content (AvgIpc) is 3.09. The van der Waals surface area contributed by atoms with E-state index in [4.69, 9.17) is 4.74 Å². The molecule has 0 amide bonds. The highest BCUT2D eigenvalue weighted by atomic mass is 16.5. The van der Waals surface area contributed by atoms with Gasteiger partial charge in [-0.2, -0.15) is 5.10 Å². The maximum absolute atomic E-state index is 12.3. The summed E-state index contributed by atoms with van der Waals surface area (Å²) >= 11 is 0. The number of aryl methyl sites for hydroxylation is 3. The number of ether oxygens (including phenoxy) is 1. The van der Waals surface area contributed by atoms with Crippen molar-refractivity contribution in [3.63, 3.8) is 0 Å². The number of hydrogen-bond donors (Lipinski definition) is 0. The van der Waals surface area contributed by atoms with Gasteiger partial charge in [0.25, 0.3) is 5.56 Å². The van der Waals surface area contributed by atoms with Gasteiger partial charge in [-0.1, -0.05) is 19.1 Å². The summed E-state index contributed by atoms with van der Waals surface area (Å²) < 4.78 is 6.29. The summed E-state index contributed by atoms with van der Waals surface area (Å²) in [4.78, 5) is 36.0. The Kier molecular flexibility index (Phi) is 5.07. The van der Waals surface area contributed by atoms with Crippen molar-refractivity contribution in [2.75, 3.05) is 6.61 Å². The minimum Gasteiger partial charge on any atom is -0.453 e. The predicted molar refractivity (Wildman–Crippen MR) is 91.9 cm³/mol. The quantitative estimate of drug-likeness (QED) is 0.595. The van der Waals surface area contributed by atoms with Crippen molar-refractivity contribution >= 4 is 11.8 Å². The summed E-state index contributed by atoms with van der Waals surface area (Å²) in [5, 5.41) is 3.98. The first-order valence-corrected chi connectivity index (χ1v) is 8.49. The molecule has 0 radical (unpaired) electrons. The summed E-state index contributed by atoms with van der Waals surface area (Å²) in [7, 11) is 0. The van der Waals surface area contributed by atoms with Crippen molar-refractivity contribution in [2.24, 2.45) is 0 Å². The fraction of sp³-hybridized carbons (Fsp3) is 0.368. The molecule has 0 aliphatic heterocycles. The van der Waals surface area contributed by atoms with Crippen molar-refractivity contribution in [2.45, 2.75) is 39.2 Å². The lowest BCUT2D eigenvalue weighted by molar-refractivity contribution is 0.0466. The summed E-state index contributed by atoms with van der Waals surface area (Å²) in [5.74, 6) is -0.954. The van der Waals surface area contributed by atoms with Gasteiger partial charge in [0.05, 0.1) is 0 Å². The van der Waals surface area contributed by atoms with Crippen LogP contribution in [0.25, 0.3) is 0 Å². The number of carbonyl (C=O) groups is 2. The average molecular weight is 340 g/mol. The van der Waals surface area contributed by atoms with Crippen LogP contribution in [0.4, 0.5) is 0 Å². The van der Waals surface area contributed by atoms with E-state index in [2.05, 4.69) is 5.10 Å². The van der Waals surface area contributed by atoms with Crippen LogP contribution in [0.5, 0.6) is 0 Å². The maximum Gasteiger partial charge on any atom is 0.359 e. The maximum atomic E-state index is 12.3. The number of Topliss-reactive ketones (excluding diaryl/α,β-unsaturated/α-hetero) is 1. The molecule has 0 spiro atoms. The lowest BCUT2D eigenvalue weighted by Gasteiger charge is -2.07. The molecule has 6 nitrogen and oxygen atoms in total. The first kappa shape index (κ1) is 17.1. The SMILES string of the molecule is CCCn1nc(C(=O)OCC(=O)c2ccc3c(c2)CCC3)ccc1=O. The van der Waals surface area contributed by atoms with Crippen LogP contribution in [0, 0.1) is 0 Å². The highest BCUT2D eigenvalue weighted by molar-refractivity contribution is 5.99. The second-order valence-corrected chi connectivity index (χ2v) is 6.12. The zero-order valence-corrected chi connectivity index (χ0v) is 14.2. The molecule has 130 valence electrons. The first-order chi connectivity index (χ1) is 12.1. The summed E-state index contributed by atoms with van der Waals surface area (Å²) in [5.41, 5.74) is 2.79. The van der Waals surface area contributed by atoms with Gasteiger partial charge in [0.15, 0.2) is 18.1 Å². The number of ketones is 1. The number of fused-ring (bicyclic) bond motifs is 1. The summed E-state index contributed by atoms with van der Waals surface area (Å²) in [6, 6.07) is 8.23. The number of nitrogens with zero attached hydrogens (tertiary/aromatic N) is 2. The molecule has 0 N–H and O–H groups in total. The van der Waals surface area contributed by atoms with Crippen molar-refractivity contribution in [3.8, 4) is 0 Å². The van der Waals surface area contributed by atoms with E-state index in [0.29, 0.717) is 12.1 Å². The molecule has 0 atom stereocenters. The van der Waals surface area contributed by atoms with Gasteiger partial charge in [0.1, 0.15) is 0 Å². The van der Waals surface area contributed by atoms with Gasteiger partial charge >= 0.3 is 5.97 Å². The zero-order chi connectivity index (χ0) is 17.8. The Labute approximate surface area is 145 Å². The number of benzene rings is 1. The Balaban J connectivity index is 1.65. The van der Waals surface area contributed by atoms with Crippen LogP contribution < -0.4 is 5.56 Å². The third kappa shape index (κ3) is 3.84. The first-order valence-electron chi connectivity index (χ1n) is 8.49. The van der Waals surface area contributed by atoms with E-state index < -0.39 is 5.97 Å². The van der Waals surface area contributed by atoms with Crippen LogP contribution in [0.3, 0.4) is 0 Å². The summed E-state index contributed by atoms with van der Waals surface area (Å²) in [6.45, 7) is 1.99. The Morgan fingerprint density at radius 3 is 2.76 bits per heavy atom. The van der Waals surface area contributed by atoms with Crippen LogP contribution in [-0.2, 0) is 24.1 Å². The van der Waals surface area contributed by atoms with Crippen LogP contribution in [0.15, 0.2) is 35.1 Å². The van der Waals surface area contributed by atoms with E-state index in [9.17, 15) is 14.4 Å². The lowest BCUT2D eigenvalue weighted by atomic mass is 10.0. The number of esters is 1. The van der Waals surface area contributed by atoms with E-state index in [0.717, 1.165) is 25.7 Å². The topological polar surface area (TPSA) is 78.3 Å². The van der Waals surface area contributed by atoms with E-state index in [-0.39, 0.29) is 23.6 Å². The van der Waals surface area contributed by atoms with Crippen LogP contribution in [0.2, 0.25) is 0 Å². The Morgan fingerprint density at radius 2 is 1.96 bits per heavy atom. The number of aromatic nitrogens is 2. The van der Waals surface area contributed by atoms with Crippen LogP contribution in [-0.4, -0.2) is 28.1 Å². The fourth-order valence-electron chi connectivity index (χ4n) is 2.96. The van der Waals surface area contributed by atoms with Crippen LogP contribution >= 0.6 is 0 Å². The molecule has 0 fully saturated rings. The fourth-order valence-corrected chi connectivity index (χ4v) is 2.96. The van der Waals surface area contributed by atoms with Gasteiger partial charge in [-0.25, -0.2) is 9.48 Å². The zero-order valence-electron chi connectivity index (χ0n) is 14.2. The van der Waals surface area contributed by atoms with Gasteiger partial charge in [-0.15, -0.1) is 0 Å². The van der Waals surface area contributed by atoms with Gasteiger partial charge in [-0.3, -0.25) is 9.59 Å². The molecule has 25 heavy (non-hydrogen) atoms. The monoisotopic (exact) mass is 340 g/mol. The van der Waals surface area contributed by atoms with E-state index in [1.807, 2.05) is 19.1 Å². The normalized spacial score (nSPS) is 12.7. The molecule has 1 aromatic heterocycles. The Bertz CT molecular complexity index is 870. The smallest absolute Gasteiger partial charge is 0.359 e. The van der Waals surface area contributed by atoms with Gasteiger partial charge in [0, 0.05) is 18.2 Å². The van der Waals surface area contributed by atoms with E-state index in [1.54, 1.807) is 6.07 Å². The molecule has 1 aromatic carbocycles. The molecule has 3 rings (SSSR count). The Hall–Kier alpha value is -2.76. The van der Waals surface area contributed by atoms with Crippen molar-refractivity contribution in [3.05, 3.63) is 63.1 Å². The van der Waals surface area contributed by atoms with Crippen molar-refractivity contribution < 1.29 is 14.3 Å². The second kappa shape index (κ2) is 7.42. The van der Waals surface area contributed by atoms with Gasteiger partial charge < -0.3 is 4.74 Å². The largest absolute Gasteiger partial charge is 0.453 e. The molecule has 0 bridgehead atoms. The molecular weight excluding hydrogens is 320 g/mol. The molecule has 1 heterocycles. The highest BCUT2D eigenvalue weighted by Gasteiger charge is 2.17. The van der Waals surface area contributed by atoms with Crippen LogP contribution in [0.1, 0.15) is 51.7 Å². The molecule has 6 heteroatoms. The highest BCUT2D eigenvalue weighted by Crippen LogP contribution is 2.23. The van der Waals surface area contributed by atoms with E-state index in [1.165, 1.54) is 27.9 Å². The molecule has 2 aromatic rings. The van der Waals surface area contributed by atoms with Gasteiger partial charge in [-0.05, 0) is 48.9 Å². The molecule has 1 aliphatic carbocycles. The number of hydrogen-bond acceptors (Lipinski definition) is 5. The predicted octanol–water partition coefficient (Wildman–Crippen LogP) is 2.18. The third-order valence-electron chi connectivity index (χ3n) is 4.27. The lowest BCUT2D eigenvalue weighted by Crippen LogP contribution is -2.25. The molecule has 1 aliphatic rings. The van der Waals surface area contributed by atoms with E-state index >= 15 is 0 Å². The molecule has 0 saturated heterocycles. The van der Waals surface area contributed by atoms with Crippen molar-refractivity contribution in [1.82, 2.24) is 9.78 Å². The number of rotatable bonds is 6. The van der Waals surface area contributed by atoms with Gasteiger partial charge in [0.2, 0.25) is 0 Å². The Morgan fingerprint density at radius 1 is 1.16 bits per heavy atom. The minimum absolute atomic E-state index is 0.0230. The third-order valence-corrected chi connectivity index (χ3v) is 4.27. The minimum atomic E-state index is -0.709. The second-order valence-electron chi connectivity index (χ2n) is 6.12.